The first kappa shape index (κ1) is 16.8. The van der Waals surface area contributed by atoms with E-state index in [1.165, 1.54) is 13.2 Å². The van der Waals surface area contributed by atoms with Gasteiger partial charge in [0.05, 0.1) is 7.11 Å². The van der Waals surface area contributed by atoms with E-state index in [1.54, 1.807) is 19.1 Å². The summed E-state index contributed by atoms with van der Waals surface area (Å²) in [6.07, 6.45) is -0.821. The Morgan fingerprint density at radius 3 is 2.48 bits per heavy atom. The molecule has 0 saturated carbocycles. The molecule has 0 saturated heterocycles. The van der Waals surface area contributed by atoms with Crippen LogP contribution in [-0.4, -0.2) is 36.7 Å². The lowest BCUT2D eigenvalue weighted by molar-refractivity contribution is -0.127. The molecule has 0 radical (unpaired) electrons. The zero-order valence-corrected chi connectivity index (χ0v) is 12.7. The van der Waals surface area contributed by atoms with E-state index in [0.717, 1.165) is 0 Å². The minimum atomic E-state index is -1.14. The number of rotatable bonds is 7. The van der Waals surface area contributed by atoms with E-state index in [2.05, 4.69) is 5.32 Å². The van der Waals surface area contributed by atoms with Crippen molar-refractivity contribution in [3.63, 3.8) is 0 Å². The van der Waals surface area contributed by atoms with Crippen molar-refractivity contribution in [2.75, 3.05) is 13.7 Å². The molecule has 1 unspecified atom stereocenters. The van der Waals surface area contributed by atoms with Gasteiger partial charge in [0.2, 0.25) is 0 Å². The maximum Gasteiger partial charge on any atom is 0.339 e. The standard InChI is InChI=1S/C15H21NO5/c1-9(2)8-16-14(17)10(3)21-13-11(15(18)19)6-5-7-12(13)20-4/h5-7,9-10H,8H2,1-4H3,(H,16,17)(H,18,19). The Labute approximate surface area is 124 Å². The molecule has 1 atom stereocenters. The Bertz CT molecular complexity index is 513. The minimum absolute atomic E-state index is 0.0436. The third kappa shape index (κ3) is 4.66. The van der Waals surface area contributed by atoms with Gasteiger partial charge in [0.25, 0.3) is 5.91 Å². The zero-order chi connectivity index (χ0) is 16.0. The van der Waals surface area contributed by atoms with Crippen LogP contribution in [-0.2, 0) is 4.79 Å². The van der Waals surface area contributed by atoms with Gasteiger partial charge in [0.1, 0.15) is 5.56 Å². The number of aromatic carboxylic acids is 1. The molecule has 1 aromatic carbocycles. The number of para-hydroxylation sites is 1. The van der Waals surface area contributed by atoms with Crippen LogP contribution in [0.15, 0.2) is 18.2 Å². The Kier molecular flexibility index (Phi) is 6.02. The second-order valence-electron chi connectivity index (χ2n) is 5.04. The van der Waals surface area contributed by atoms with E-state index in [0.29, 0.717) is 12.5 Å². The largest absolute Gasteiger partial charge is 0.493 e. The fraction of sp³-hybridized carbons (Fsp3) is 0.467. The number of nitrogens with one attached hydrogen (secondary N) is 1. The molecule has 1 aromatic rings. The highest BCUT2D eigenvalue weighted by molar-refractivity contribution is 5.92. The molecule has 0 fully saturated rings. The summed E-state index contributed by atoms with van der Waals surface area (Å²) in [5, 5.41) is 11.9. The maximum absolute atomic E-state index is 11.9. The zero-order valence-electron chi connectivity index (χ0n) is 12.7. The van der Waals surface area contributed by atoms with Crippen LogP contribution in [0.1, 0.15) is 31.1 Å². The molecule has 6 nitrogen and oxygen atoms in total. The predicted octanol–water partition coefficient (Wildman–Crippen LogP) is 1.93. The monoisotopic (exact) mass is 295 g/mol. The van der Waals surface area contributed by atoms with Gasteiger partial charge in [-0.05, 0) is 25.0 Å². The number of carboxylic acids is 1. The van der Waals surface area contributed by atoms with Crippen LogP contribution in [0, 0.1) is 5.92 Å². The fourth-order valence-corrected chi connectivity index (χ4v) is 1.65. The first-order valence-corrected chi connectivity index (χ1v) is 6.71. The van der Waals surface area contributed by atoms with Crippen molar-refractivity contribution in [2.24, 2.45) is 5.92 Å². The average molecular weight is 295 g/mol. The highest BCUT2D eigenvalue weighted by Crippen LogP contribution is 2.31. The molecular weight excluding hydrogens is 274 g/mol. The highest BCUT2D eigenvalue weighted by Gasteiger charge is 2.22. The van der Waals surface area contributed by atoms with E-state index < -0.39 is 12.1 Å². The van der Waals surface area contributed by atoms with Gasteiger partial charge in [-0.1, -0.05) is 19.9 Å². The van der Waals surface area contributed by atoms with Gasteiger partial charge in [0, 0.05) is 6.54 Å². The fourth-order valence-electron chi connectivity index (χ4n) is 1.65. The second kappa shape index (κ2) is 7.52. The summed E-state index contributed by atoms with van der Waals surface area (Å²) < 4.78 is 10.6. The first-order valence-electron chi connectivity index (χ1n) is 6.71. The third-order valence-corrected chi connectivity index (χ3v) is 2.78. The summed E-state index contributed by atoms with van der Waals surface area (Å²) in [5.74, 6) is -0.787. The maximum atomic E-state index is 11.9. The van der Waals surface area contributed by atoms with Crippen molar-refractivity contribution in [2.45, 2.75) is 26.9 Å². The Morgan fingerprint density at radius 2 is 1.95 bits per heavy atom. The summed E-state index contributed by atoms with van der Waals surface area (Å²) in [6, 6.07) is 4.54. The molecule has 2 N–H and O–H groups in total. The van der Waals surface area contributed by atoms with Crippen LogP contribution >= 0.6 is 0 Å². The Balaban J connectivity index is 2.90. The summed E-state index contributed by atoms with van der Waals surface area (Å²) >= 11 is 0. The van der Waals surface area contributed by atoms with Gasteiger partial charge < -0.3 is 19.9 Å². The van der Waals surface area contributed by atoms with Crippen LogP contribution in [0.2, 0.25) is 0 Å². The van der Waals surface area contributed by atoms with Gasteiger partial charge in [0.15, 0.2) is 17.6 Å². The lowest BCUT2D eigenvalue weighted by atomic mass is 10.2. The molecule has 116 valence electrons. The lowest BCUT2D eigenvalue weighted by Gasteiger charge is -2.18. The normalized spacial score (nSPS) is 11.9. The van der Waals surface area contributed by atoms with Crippen LogP contribution < -0.4 is 14.8 Å². The van der Waals surface area contributed by atoms with Crippen LogP contribution in [0.5, 0.6) is 11.5 Å². The second-order valence-corrected chi connectivity index (χ2v) is 5.04. The number of ether oxygens (including phenoxy) is 2. The summed E-state index contributed by atoms with van der Waals surface area (Å²) in [7, 11) is 1.41. The number of hydrogen-bond acceptors (Lipinski definition) is 4. The third-order valence-electron chi connectivity index (χ3n) is 2.78. The average Bonchev–Trinajstić information content (AvgIpc) is 2.44. The van der Waals surface area contributed by atoms with Crippen molar-refractivity contribution in [1.82, 2.24) is 5.32 Å². The predicted molar refractivity (Wildman–Crippen MR) is 77.9 cm³/mol. The number of benzene rings is 1. The number of carbonyl (C=O) groups excluding carboxylic acids is 1. The molecule has 0 spiro atoms. The number of carboxylic acid groups (broad SMARTS) is 1. The van der Waals surface area contributed by atoms with Gasteiger partial charge in [-0.2, -0.15) is 0 Å². The molecule has 0 aliphatic rings. The van der Waals surface area contributed by atoms with Crippen molar-refractivity contribution in [3.05, 3.63) is 23.8 Å². The molecule has 0 aromatic heterocycles. The molecule has 6 heteroatoms. The number of hydrogen-bond donors (Lipinski definition) is 2. The molecule has 21 heavy (non-hydrogen) atoms. The quantitative estimate of drug-likeness (QED) is 0.803. The Hall–Kier alpha value is -2.24. The molecular formula is C15H21NO5. The molecule has 0 aliphatic carbocycles. The van der Waals surface area contributed by atoms with Crippen LogP contribution in [0.3, 0.4) is 0 Å². The summed E-state index contributed by atoms with van der Waals surface area (Å²) in [6.45, 7) is 6.06. The number of amides is 1. The SMILES string of the molecule is COc1cccc(C(=O)O)c1OC(C)C(=O)NCC(C)C. The number of carbonyl (C=O) groups is 2. The number of methoxy groups -OCH3 is 1. The van der Waals surface area contributed by atoms with Crippen molar-refractivity contribution < 1.29 is 24.2 Å². The lowest BCUT2D eigenvalue weighted by Crippen LogP contribution is -2.38. The van der Waals surface area contributed by atoms with Gasteiger partial charge in [-0.25, -0.2) is 4.79 Å². The molecule has 0 bridgehead atoms. The van der Waals surface area contributed by atoms with Crippen molar-refractivity contribution >= 4 is 11.9 Å². The van der Waals surface area contributed by atoms with Crippen molar-refractivity contribution in [3.8, 4) is 11.5 Å². The van der Waals surface area contributed by atoms with Gasteiger partial charge >= 0.3 is 5.97 Å². The topological polar surface area (TPSA) is 84.9 Å². The smallest absolute Gasteiger partial charge is 0.339 e. The van der Waals surface area contributed by atoms with E-state index in [4.69, 9.17) is 9.47 Å². The molecule has 1 amide bonds. The highest BCUT2D eigenvalue weighted by atomic mass is 16.5. The van der Waals surface area contributed by atoms with E-state index in [-0.39, 0.29) is 23.0 Å². The molecule has 0 aliphatic heterocycles. The van der Waals surface area contributed by atoms with Gasteiger partial charge in [-0.3, -0.25) is 4.79 Å². The first-order chi connectivity index (χ1) is 9.86. The van der Waals surface area contributed by atoms with Crippen LogP contribution in [0.25, 0.3) is 0 Å². The van der Waals surface area contributed by atoms with E-state index in [9.17, 15) is 14.7 Å². The van der Waals surface area contributed by atoms with Crippen LogP contribution in [0.4, 0.5) is 0 Å². The van der Waals surface area contributed by atoms with E-state index in [1.807, 2.05) is 13.8 Å². The summed E-state index contributed by atoms with van der Waals surface area (Å²) in [5.41, 5.74) is -0.0436. The summed E-state index contributed by atoms with van der Waals surface area (Å²) in [4.78, 5) is 23.1. The minimum Gasteiger partial charge on any atom is -0.493 e. The Morgan fingerprint density at radius 1 is 1.29 bits per heavy atom. The van der Waals surface area contributed by atoms with Crippen molar-refractivity contribution in [1.29, 1.82) is 0 Å². The van der Waals surface area contributed by atoms with Gasteiger partial charge in [-0.15, -0.1) is 0 Å². The molecule has 0 heterocycles. The van der Waals surface area contributed by atoms with E-state index >= 15 is 0 Å². The molecule has 1 rings (SSSR count).